The Morgan fingerprint density at radius 3 is 2.65 bits per heavy atom. The maximum Gasteiger partial charge on any atom is 0.146 e. The van der Waals surface area contributed by atoms with Crippen LogP contribution in [0, 0.1) is 5.82 Å². The van der Waals surface area contributed by atoms with E-state index in [0.717, 1.165) is 6.42 Å². The normalized spacial score (nSPS) is 12.8. The third-order valence-electron chi connectivity index (χ3n) is 2.97. The predicted octanol–water partition coefficient (Wildman–Crippen LogP) is 3.19. The molecule has 17 heavy (non-hydrogen) atoms. The fraction of sp³-hybridized carbons (Fsp3) is 0.500. The van der Waals surface area contributed by atoms with Gasteiger partial charge in [-0.3, -0.25) is 9.69 Å². The molecule has 0 heterocycles. The minimum Gasteiger partial charge on any atom is -0.298 e. The number of nitrogens with zero attached hydrogens (tertiary/aromatic N) is 1. The number of Topliss-reactive ketones (excluding diaryl/α,β-unsaturated/α-hetero) is 1. The Morgan fingerprint density at radius 1 is 1.41 bits per heavy atom. The molecule has 1 rings (SSSR count). The summed E-state index contributed by atoms with van der Waals surface area (Å²) in [5.41, 5.74) is 0.638. The summed E-state index contributed by atoms with van der Waals surface area (Å²) < 4.78 is 13.6. The van der Waals surface area contributed by atoms with Crippen molar-refractivity contribution < 1.29 is 9.18 Å². The lowest BCUT2D eigenvalue weighted by atomic mass is 10.1. The maximum atomic E-state index is 13.6. The first-order chi connectivity index (χ1) is 8.06. The lowest BCUT2D eigenvalue weighted by Gasteiger charge is -2.24. The highest BCUT2D eigenvalue weighted by Crippen LogP contribution is 2.21. The fourth-order valence-electron chi connectivity index (χ4n) is 1.82. The first kappa shape index (κ1) is 13.8. The van der Waals surface area contributed by atoms with Gasteiger partial charge in [0.15, 0.2) is 0 Å². The summed E-state index contributed by atoms with van der Waals surface area (Å²) in [4.78, 5) is 13.4. The lowest BCUT2D eigenvalue weighted by Crippen LogP contribution is -2.29. The molecule has 3 heteroatoms. The van der Waals surface area contributed by atoms with E-state index in [2.05, 4.69) is 0 Å². The van der Waals surface area contributed by atoms with E-state index in [-0.39, 0.29) is 17.6 Å². The van der Waals surface area contributed by atoms with E-state index in [1.54, 1.807) is 12.1 Å². The van der Waals surface area contributed by atoms with Gasteiger partial charge >= 0.3 is 0 Å². The van der Waals surface area contributed by atoms with Gasteiger partial charge in [0.05, 0.1) is 6.54 Å². The van der Waals surface area contributed by atoms with Gasteiger partial charge < -0.3 is 0 Å². The smallest absolute Gasteiger partial charge is 0.146 e. The van der Waals surface area contributed by atoms with Gasteiger partial charge in [0.1, 0.15) is 11.6 Å². The molecule has 0 amide bonds. The van der Waals surface area contributed by atoms with Gasteiger partial charge in [0.2, 0.25) is 0 Å². The van der Waals surface area contributed by atoms with E-state index in [1.807, 2.05) is 31.9 Å². The second-order valence-electron chi connectivity index (χ2n) is 4.40. The standard InChI is InChI=1S/C14H20FNO/c1-4-7-12(17)10-16(3)11(2)13-8-5-6-9-14(13)15/h5-6,8-9,11H,4,7,10H2,1-3H3. The minimum atomic E-state index is -0.213. The van der Waals surface area contributed by atoms with E-state index in [1.165, 1.54) is 6.07 Å². The Hall–Kier alpha value is -1.22. The molecule has 0 saturated heterocycles. The van der Waals surface area contributed by atoms with Crippen LogP contribution in [0.15, 0.2) is 24.3 Å². The zero-order chi connectivity index (χ0) is 12.8. The predicted molar refractivity (Wildman–Crippen MR) is 67.4 cm³/mol. The van der Waals surface area contributed by atoms with Crippen molar-refractivity contribution in [3.8, 4) is 0 Å². The number of hydrogen-bond acceptors (Lipinski definition) is 2. The van der Waals surface area contributed by atoms with Crippen LogP contribution in [0.25, 0.3) is 0 Å². The molecule has 1 aromatic carbocycles. The quantitative estimate of drug-likeness (QED) is 0.757. The topological polar surface area (TPSA) is 20.3 Å². The number of ketones is 1. The van der Waals surface area contributed by atoms with Gasteiger partial charge in [-0.05, 0) is 26.5 Å². The molecule has 1 aromatic rings. The average molecular weight is 237 g/mol. The second kappa shape index (κ2) is 6.50. The first-order valence-electron chi connectivity index (χ1n) is 6.02. The number of hydrogen-bond donors (Lipinski definition) is 0. The molecule has 0 fully saturated rings. The van der Waals surface area contributed by atoms with Crippen LogP contribution >= 0.6 is 0 Å². The number of rotatable bonds is 6. The second-order valence-corrected chi connectivity index (χ2v) is 4.40. The lowest BCUT2D eigenvalue weighted by molar-refractivity contribution is -0.120. The highest BCUT2D eigenvalue weighted by molar-refractivity contribution is 5.80. The summed E-state index contributed by atoms with van der Waals surface area (Å²) in [5.74, 6) is -0.00650. The minimum absolute atomic E-state index is 0.0861. The number of benzene rings is 1. The average Bonchev–Trinajstić information content (AvgIpc) is 2.29. The van der Waals surface area contributed by atoms with Crippen molar-refractivity contribution in [3.63, 3.8) is 0 Å². The molecule has 0 N–H and O–H groups in total. The highest BCUT2D eigenvalue weighted by Gasteiger charge is 2.16. The van der Waals surface area contributed by atoms with Crippen molar-refractivity contribution in [3.05, 3.63) is 35.6 Å². The fourth-order valence-corrected chi connectivity index (χ4v) is 1.82. The number of likely N-dealkylation sites (N-methyl/N-ethyl adjacent to an activating group) is 1. The van der Waals surface area contributed by atoms with Crippen molar-refractivity contribution in [2.24, 2.45) is 0 Å². The first-order valence-corrected chi connectivity index (χ1v) is 6.02. The third-order valence-corrected chi connectivity index (χ3v) is 2.97. The summed E-state index contributed by atoms with van der Waals surface area (Å²) >= 11 is 0. The molecule has 0 aliphatic heterocycles. The Balaban J connectivity index is 2.67. The van der Waals surface area contributed by atoms with Gasteiger partial charge in [-0.25, -0.2) is 4.39 Å². The summed E-state index contributed by atoms with van der Waals surface area (Å²) in [6.07, 6.45) is 1.45. The Morgan fingerprint density at radius 2 is 2.06 bits per heavy atom. The monoisotopic (exact) mass is 237 g/mol. The zero-order valence-electron chi connectivity index (χ0n) is 10.7. The van der Waals surface area contributed by atoms with Gasteiger partial charge in [0, 0.05) is 18.0 Å². The van der Waals surface area contributed by atoms with Crippen molar-refractivity contribution in [1.82, 2.24) is 4.90 Å². The Kier molecular flexibility index (Phi) is 5.29. The van der Waals surface area contributed by atoms with Crippen LogP contribution in [0.4, 0.5) is 4.39 Å². The molecule has 0 spiro atoms. The van der Waals surface area contributed by atoms with Crippen LogP contribution in [0.2, 0.25) is 0 Å². The van der Waals surface area contributed by atoms with Crippen LogP contribution in [0.5, 0.6) is 0 Å². The van der Waals surface area contributed by atoms with Gasteiger partial charge in [-0.15, -0.1) is 0 Å². The summed E-state index contributed by atoms with van der Waals surface area (Å²) in [6, 6.07) is 6.62. The van der Waals surface area contributed by atoms with E-state index in [0.29, 0.717) is 18.5 Å². The summed E-state index contributed by atoms with van der Waals surface area (Å²) in [6.45, 7) is 4.28. The highest BCUT2D eigenvalue weighted by atomic mass is 19.1. The molecule has 0 aliphatic carbocycles. The molecule has 0 bridgehead atoms. The van der Waals surface area contributed by atoms with E-state index in [4.69, 9.17) is 0 Å². The largest absolute Gasteiger partial charge is 0.298 e. The third kappa shape index (κ3) is 3.93. The van der Waals surface area contributed by atoms with Crippen LogP contribution < -0.4 is 0 Å². The number of carbonyl (C=O) groups excluding carboxylic acids is 1. The van der Waals surface area contributed by atoms with E-state index >= 15 is 0 Å². The van der Waals surface area contributed by atoms with Crippen molar-refractivity contribution in [1.29, 1.82) is 0 Å². The van der Waals surface area contributed by atoms with Crippen LogP contribution in [0.1, 0.15) is 38.3 Å². The van der Waals surface area contributed by atoms with Crippen molar-refractivity contribution in [2.75, 3.05) is 13.6 Å². The zero-order valence-corrected chi connectivity index (χ0v) is 10.7. The molecule has 1 atom stereocenters. The summed E-state index contributed by atoms with van der Waals surface area (Å²) in [5, 5.41) is 0. The molecule has 94 valence electrons. The van der Waals surface area contributed by atoms with Crippen LogP contribution in [-0.4, -0.2) is 24.3 Å². The molecular weight excluding hydrogens is 217 g/mol. The van der Waals surface area contributed by atoms with Crippen LogP contribution in [0.3, 0.4) is 0 Å². The van der Waals surface area contributed by atoms with E-state index in [9.17, 15) is 9.18 Å². The maximum absolute atomic E-state index is 13.6. The van der Waals surface area contributed by atoms with Crippen molar-refractivity contribution in [2.45, 2.75) is 32.7 Å². The molecule has 0 radical (unpaired) electrons. The van der Waals surface area contributed by atoms with E-state index < -0.39 is 0 Å². The van der Waals surface area contributed by atoms with Gasteiger partial charge in [-0.1, -0.05) is 25.1 Å². The Bertz CT molecular complexity index is 378. The number of halogens is 1. The molecular formula is C14H20FNO. The molecule has 0 aromatic heterocycles. The molecule has 2 nitrogen and oxygen atoms in total. The van der Waals surface area contributed by atoms with Crippen LogP contribution in [-0.2, 0) is 4.79 Å². The molecule has 0 aliphatic rings. The van der Waals surface area contributed by atoms with Gasteiger partial charge in [0.25, 0.3) is 0 Å². The SMILES string of the molecule is CCCC(=O)CN(C)C(C)c1ccccc1F. The Labute approximate surface area is 102 Å². The van der Waals surface area contributed by atoms with Gasteiger partial charge in [-0.2, -0.15) is 0 Å². The van der Waals surface area contributed by atoms with Crippen molar-refractivity contribution >= 4 is 5.78 Å². The molecule has 0 saturated carbocycles. The number of carbonyl (C=O) groups is 1. The molecule has 1 unspecified atom stereocenters. The summed E-state index contributed by atoms with van der Waals surface area (Å²) in [7, 11) is 1.85.